The fourth-order valence-corrected chi connectivity index (χ4v) is 5.33. The van der Waals surface area contributed by atoms with E-state index in [0.717, 1.165) is 24.6 Å². The number of rotatable bonds is 6. The summed E-state index contributed by atoms with van der Waals surface area (Å²) in [6.45, 7) is 2.81. The van der Waals surface area contributed by atoms with Crippen LogP contribution in [0.2, 0.25) is 0 Å². The number of hydrogen-bond donors (Lipinski definition) is 1. The van der Waals surface area contributed by atoms with Crippen LogP contribution in [0.5, 0.6) is 11.5 Å². The van der Waals surface area contributed by atoms with Gasteiger partial charge in [-0.05, 0) is 50.1 Å². The number of benzene rings is 2. The van der Waals surface area contributed by atoms with Gasteiger partial charge < -0.3 is 19.5 Å². The predicted octanol–water partition coefficient (Wildman–Crippen LogP) is 2.96. The SMILES string of the molecule is CC(OC(=O)c1ccc(F)c(S(=O)(=O)N2CCCCC2)c1)C(=O)Nc1ccc2c(c1)OCCO2. The van der Waals surface area contributed by atoms with E-state index >= 15 is 0 Å². The Labute approximate surface area is 196 Å². The molecule has 1 unspecified atom stereocenters. The molecular weight excluding hydrogens is 467 g/mol. The fraction of sp³-hybridized carbons (Fsp3) is 0.391. The van der Waals surface area contributed by atoms with Crippen molar-refractivity contribution in [2.45, 2.75) is 37.2 Å². The zero-order valence-corrected chi connectivity index (χ0v) is 19.4. The van der Waals surface area contributed by atoms with Gasteiger partial charge in [-0.15, -0.1) is 0 Å². The van der Waals surface area contributed by atoms with Crippen LogP contribution in [0.25, 0.3) is 0 Å². The minimum Gasteiger partial charge on any atom is -0.486 e. The molecule has 2 heterocycles. The summed E-state index contributed by atoms with van der Waals surface area (Å²) in [5.74, 6) is -1.45. The monoisotopic (exact) mass is 492 g/mol. The van der Waals surface area contributed by atoms with Gasteiger partial charge in [0, 0.05) is 24.8 Å². The molecule has 0 aliphatic carbocycles. The van der Waals surface area contributed by atoms with Crippen molar-refractivity contribution < 1.29 is 36.6 Å². The van der Waals surface area contributed by atoms with Crippen LogP contribution in [0, 0.1) is 5.82 Å². The van der Waals surface area contributed by atoms with Crippen molar-refractivity contribution in [3.8, 4) is 11.5 Å². The molecular formula is C23H25FN2O7S. The van der Waals surface area contributed by atoms with Gasteiger partial charge in [-0.2, -0.15) is 4.31 Å². The highest BCUT2D eigenvalue weighted by Gasteiger charge is 2.30. The molecule has 0 radical (unpaired) electrons. The Bertz CT molecular complexity index is 1200. The van der Waals surface area contributed by atoms with Crippen molar-refractivity contribution >= 4 is 27.6 Å². The Morgan fingerprint density at radius 3 is 2.47 bits per heavy atom. The van der Waals surface area contributed by atoms with E-state index in [2.05, 4.69) is 5.32 Å². The lowest BCUT2D eigenvalue weighted by molar-refractivity contribution is -0.123. The summed E-state index contributed by atoms with van der Waals surface area (Å²) in [4.78, 5) is 24.5. The Morgan fingerprint density at radius 2 is 1.74 bits per heavy atom. The average Bonchev–Trinajstić information content (AvgIpc) is 2.84. The standard InChI is InChI=1S/C23H25FN2O7S/c1-15(22(27)25-17-6-8-19-20(14-17)32-12-11-31-19)33-23(28)16-5-7-18(24)21(13-16)34(29,30)26-9-3-2-4-10-26/h5-8,13-15H,2-4,9-12H2,1H3,(H,25,27). The Balaban J connectivity index is 1.44. The molecule has 0 bridgehead atoms. The van der Waals surface area contributed by atoms with E-state index in [9.17, 15) is 22.4 Å². The summed E-state index contributed by atoms with van der Waals surface area (Å²) in [5.41, 5.74) is 0.254. The van der Waals surface area contributed by atoms with Gasteiger partial charge in [0.1, 0.15) is 23.9 Å². The quantitative estimate of drug-likeness (QED) is 0.617. The number of nitrogens with zero attached hydrogens (tertiary/aromatic N) is 1. The van der Waals surface area contributed by atoms with Crippen LogP contribution in [0.15, 0.2) is 41.3 Å². The van der Waals surface area contributed by atoms with Gasteiger partial charge in [0.2, 0.25) is 10.0 Å². The van der Waals surface area contributed by atoms with Crippen LogP contribution in [0.3, 0.4) is 0 Å². The minimum atomic E-state index is -4.09. The van der Waals surface area contributed by atoms with Gasteiger partial charge in [0.05, 0.1) is 5.56 Å². The topological polar surface area (TPSA) is 111 Å². The molecule has 1 saturated heterocycles. The molecule has 1 amide bonds. The second-order valence-corrected chi connectivity index (χ2v) is 9.91. The second-order valence-electron chi connectivity index (χ2n) is 8.01. The number of amides is 1. The first-order chi connectivity index (χ1) is 16.3. The van der Waals surface area contributed by atoms with E-state index < -0.39 is 38.7 Å². The highest BCUT2D eigenvalue weighted by atomic mass is 32.2. The Kier molecular flexibility index (Phi) is 7.03. The molecule has 2 aromatic rings. The number of hydrogen-bond acceptors (Lipinski definition) is 7. The van der Waals surface area contributed by atoms with E-state index in [1.165, 1.54) is 11.2 Å². The van der Waals surface area contributed by atoms with E-state index in [1.807, 2.05) is 0 Å². The van der Waals surface area contributed by atoms with Gasteiger partial charge in [0.25, 0.3) is 5.91 Å². The molecule has 1 N–H and O–H groups in total. The third-order valence-electron chi connectivity index (χ3n) is 5.56. The third kappa shape index (κ3) is 5.15. The molecule has 1 fully saturated rings. The summed E-state index contributed by atoms with van der Waals surface area (Å²) in [6, 6.07) is 7.86. The molecule has 2 aromatic carbocycles. The summed E-state index contributed by atoms with van der Waals surface area (Å²) >= 11 is 0. The van der Waals surface area contributed by atoms with Gasteiger partial charge >= 0.3 is 5.97 Å². The zero-order valence-electron chi connectivity index (χ0n) is 18.6. The van der Waals surface area contributed by atoms with Gasteiger partial charge in [-0.25, -0.2) is 17.6 Å². The van der Waals surface area contributed by atoms with Gasteiger partial charge in [-0.1, -0.05) is 6.42 Å². The first kappa shape index (κ1) is 24.0. The number of nitrogens with one attached hydrogen (secondary N) is 1. The van der Waals surface area contributed by atoms with Gasteiger partial charge in [0.15, 0.2) is 17.6 Å². The highest BCUT2D eigenvalue weighted by Crippen LogP contribution is 2.32. The first-order valence-electron chi connectivity index (χ1n) is 11.0. The van der Waals surface area contributed by atoms with Crippen LogP contribution in [-0.4, -0.2) is 57.0 Å². The lowest BCUT2D eigenvalue weighted by atomic mass is 10.2. The predicted molar refractivity (Wildman–Crippen MR) is 120 cm³/mol. The number of carbonyl (C=O) groups excluding carboxylic acids is 2. The largest absolute Gasteiger partial charge is 0.486 e. The van der Waals surface area contributed by atoms with Crippen LogP contribution >= 0.6 is 0 Å². The lowest BCUT2D eigenvalue weighted by Gasteiger charge is -2.26. The third-order valence-corrected chi connectivity index (χ3v) is 7.48. The summed E-state index contributed by atoms with van der Waals surface area (Å²) in [5, 5.41) is 2.62. The second kappa shape index (κ2) is 9.98. The smallest absolute Gasteiger partial charge is 0.338 e. The van der Waals surface area contributed by atoms with Crippen molar-refractivity contribution in [3.05, 3.63) is 47.8 Å². The van der Waals surface area contributed by atoms with Crippen molar-refractivity contribution in [2.75, 3.05) is 31.6 Å². The molecule has 1 atom stereocenters. The van der Waals surface area contributed by atoms with E-state index in [1.54, 1.807) is 18.2 Å². The number of halogens is 1. The van der Waals surface area contributed by atoms with Crippen molar-refractivity contribution in [2.24, 2.45) is 0 Å². The number of carbonyl (C=O) groups is 2. The maximum absolute atomic E-state index is 14.4. The van der Waals surface area contributed by atoms with Crippen molar-refractivity contribution in [1.29, 1.82) is 0 Å². The van der Waals surface area contributed by atoms with Crippen LogP contribution in [0.1, 0.15) is 36.5 Å². The molecule has 182 valence electrons. The number of sulfonamides is 1. The maximum Gasteiger partial charge on any atom is 0.338 e. The molecule has 0 aromatic heterocycles. The first-order valence-corrected chi connectivity index (χ1v) is 12.4. The Morgan fingerprint density at radius 1 is 1.03 bits per heavy atom. The molecule has 4 rings (SSSR count). The number of piperidine rings is 1. The van der Waals surface area contributed by atoms with Crippen LogP contribution in [-0.2, 0) is 19.6 Å². The van der Waals surface area contributed by atoms with E-state index in [0.29, 0.717) is 56.3 Å². The number of esters is 1. The lowest BCUT2D eigenvalue weighted by Crippen LogP contribution is -2.36. The molecule has 34 heavy (non-hydrogen) atoms. The molecule has 2 aliphatic heterocycles. The maximum atomic E-state index is 14.4. The van der Waals surface area contributed by atoms with Crippen molar-refractivity contribution in [3.63, 3.8) is 0 Å². The highest BCUT2D eigenvalue weighted by molar-refractivity contribution is 7.89. The number of anilines is 1. The van der Waals surface area contributed by atoms with E-state index in [-0.39, 0.29) is 5.56 Å². The Hall–Kier alpha value is -3.18. The normalized spacial score (nSPS) is 17.0. The minimum absolute atomic E-state index is 0.170. The molecule has 0 spiro atoms. The van der Waals surface area contributed by atoms with Crippen LogP contribution < -0.4 is 14.8 Å². The van der Waals surface area contributed by atoms with E-state index in [4.69, 9.17) is 14.2 Å². The fourth-order valence-electron chi connectivity index (χ4n) is 3.72. The summed E-state index contributed by atoms with van der Waals surface area (Å²) < 4.78 is 57.5. The van der Waals surface area contributed by atoms with Gasteiger partial charge in [-0.3, -0.25) is 4.79 Å². The van der Waals surface area contributed by atoms with Crippen LogP contribution in [0.4, 0.5) is 10.1 Å². The number of ether oxygens (including phenoxy) is 3. The average molecular weight is 493 g/mol. The van der Waals surface area contributed by atoms with Crippen molar-refractivity contribution in [1.82, 2.24) is 4.31 Å². The molecule has 0 saturated carbocycles. The number of fused-ring (bicyclic) bond motifs is 1. The molecule has 2 aliphatic rings. The summed E-state index contributed by atoms with van der Waals surface area (Å²) in [6.07, 6.45) is 1.09. The zero-order chi connectivity index (χ0) is 24.3. The molecule has 9 nitrogen and oxygen atoms in total. The molecule has 11 heteroatoms. The summed E-state index contributed by atoms with van der Waals surface area (Å²) in [7, 11) is -4.09.